The minimum absolute atomic E-state index is 0.0368. The molecule has 2 aromatic heterocycles. The molecule has 38 heavy (non-hydrogen) atoms. The van der Waals surface area contributed by atoms with E-state index in [2.05, 4.69) is 20.6 Å². The van der Waals surface area contributed by atoms with Crippen LogP contribution in [0.5, 0.6) is 0 Å². The molecule has 0 aliphatic rings. The summed E-state index contributed by atoms with van der Waals surface area (Å²) >= 11 is 0. The van der Waals surface area contributed by atoms with Crippen LogP contribution in [0.1, 0.15) is 43.2 Å². The number of ketones is 1. The van der Waals surface area contributed by atoms with E-state index in [9.17, 15) is 14.4 Å². The van der Waals surface area contributed by atoms with Gasteiger partial charge in [0.1, 0.15) is 5.78 Å². The first-order valence-corrected chi connectivity index (χ1v) is 13.4. The van der Waals surface area contributed by atoms with Gasteiger partial charge in [-0.2, -0.15) is 0 Å². The van der Waals surface area contributed by atoms with Crippen LogP contribution in [-0.4, -0.2) is 47.2 Å². The molecule has 8 nitrogen and oxygen atoms in total. The van der Waals surface area contributed by atoms with Crippen LogP contribution in [0.2, 0.25) is 0 Å². The molecule has 0 saturated carbocycles. The summed E-state index contributed by atoms with van der Waals surface area (Å²) < 4.78 is 0. The zero-order chi connectivity index (χ0) is 26.7. The Labute approximate surface area is 222 Å². The summed E-state index contributed by atoms with van der Waals surface area (Å²) in [5.74, 6) is -0.0929. The molecule has 8 heteroatoms. The lowest BCUT2D eigenvalue weighted by molar-refractivity contribution is -0.124. The number of aromatic amines is 2. The Balaban J connectivity index is 1.21. The van der Waals surface area contributed by atoms with Gasteiger partial charge in [0.2, 0.25) is 11.8 Å². The van der Waals surface area contributed by atoms with E-state index in [4.69, 9.17) is 5.73 Å². The zero-order valence-corrected chi connectivity index (χ0v) is 21.7. The molecule has 1 atom stereocenters. The Bertz CT molecular complexity index is 1370. The highest BCUT2D eigenvalue weighted by molar-refractivity contribution is 5.89. The fourth-order valence-electron chi connectivity index (χ4n) is 4.94. The molecule has 2 heterocycles. The fourth-order valence-corrected chi connectivity index (χ4v) is 4.94. The van der Waals surface area contributed by atoms with Crippen LogP contribution in [0.15, 0.2) is 60.9 Å². The number of aromatic nitrogens is 2. The number of H-pyrrole nitrogens is 2. The maximum absolute atomic E-state index is 12.8. The smallest absolute Gasteiger partial charge is 0.224 e. The summed E-state index contributed by atoms with van der Waals surface area (Å²) in [5, 5.41) is 8.05. The van der Waals surface area contributed by atoms with Gasteiger partial charge >= 0.3 is 0 Å². The van der Waals surface area contributed by atoms with Gasteiger partial charge in [-0.3, -0.25) is 14.4 Å². The summed E-state index contributed by atoms with van der Waals surface area (Å²) in [6.07, 6.45) is 7.38. The molecular weight excluding hydrogens is 478 g/mol. The van der Waals surface area contributed by atoms with E-state index in [1.807, 2.05) is 60.9 Å². The van der Waals surface area contributed by atoms with Gasteiger partial charge < -0.3 is 26.3 Å². The summed E-state index contributed by atoms with van der Waals surface area (Å²) in [6.45, 7) is 1.42. The third kappa shape index (κ3) is 7.32. The number of hydrogen-bond acceptors (Lipinski definition) is 4. The third-order valence-corrected chi connectivity index (χ3v) is 7.00. The van der Waals surface area contributed by atoms with Gasteiger partial charge in [0.25, 0.3) is 0 Å². The Kier molecular flexibility index (Phi) is 9.70. The quantitative estimate of drug-likeness (QED) is 0.154. The van der Waals surface area contributed by atoms with Crippen LogP contribution in [0.3, 0.4) is 0 Å². The summed E-state index contributed by atoms with van der Waals surface area (Å²) in [5.41, 5.74) is 9.55. The molecule has 200 valence electrons. The predicted molar refractivity (Wildman–Crippen MR) is 151 cm³/mol. The van der Waals surface area contributed by atoms with E-state index < -0.39 is 0 Å². The fraction of sp³-hybridized carbons (Fsp3) is 0.367. The van der Waals surface area contributed by atoms with Crippen LogP contribution in [0.4, 0.5) is 0 Å². The molecule has 0 aliphatic heterocycles. The zero-order valence-electron chi connectivity index (χ0n) is 21.7. The summed E-state index contributed by atoms with van der Waals surface area (Å²) in [4.78, 5) is 44.2. The Morgan fingerprint density at radius 3 is 1.87 bits per heavy atom. The number of carbonyl (C=O) groups excluding carboxylic acids is 3. The van der Waals surface area contributed by atoms with Crippen molar-refractivity contribution in [3.63, 3.8) is 0 Å². The summed E-state index contributed by atoms with van der Waals surface area (Å²) in [6, 6.07) is 15.8. The van der Waals surface area contributed by atoms with Crippen molar-refractivity contribution in [1.29, 1.82) is 0 Å². The number of para-hydroxylation sites is 2. The maximum atomic E-state index is 12.8. The SMILES string of the molecule is NCCCC(=O)C(CCCNC(=O)Cc1c[nH]c2ccccc12)CCNC(=O)Cc1c[nH]c2ccccc12. The Morgan fingerprint density at radius 2 is 1.29 bits per heavy atom. The van der Waals surface area contributed by atoms with Crippen molar-refractivity contribution in [3.05, 3.63) is 72.1 Å². The van der Waals surface area contributed by atoms with Gasteiger partial charge in [0, 0.05) is 59.6 Å². The van der Waals surface area contributed by atoms with E-state index in [1.54, 1.807) is 0 Å². The minimum Gasteiger partial charge on any atom is -0.361 e. The first kappa shape index (κ1) is 27.1. The minimum atomic E-state index is -0.166. The number of nitrogens with two attached hydrogens (primary N) is 1. The van der Waals surface area contributed by atoms with Crippen molar-refractivity contribution >= 4 is 39.4 Å². The molecule has 0 spiro atoms. The van der Waals surface area contributed by atoms with Gasteiger partial charge in [-0.25, -0.2) is 0 Å². The van der Waals surface area contributed by atoms with E-state index >= 15 is 0 Å². The van der Waals surface area contributed by atoms with Gasteiger partial charge in [0.05, 0.1) is 12.8 Å². The maximum Gasteiger partial charge on any atom is 0.224 e. The van der Waals surface area contributed by atoms with Crippen molar-refractivity contribution in [1.82, 2.24) is 20.6 Å². The van der Waals surface area contributed by atoms with Gasteiger partial charge in [-0.1, -0.05) is 36.4 Å². The molecule has 0 bridgehead atoms. The second-order valence-electron chi connectivity index (χ2n) is 9.76. The van der Waals surface area contributed by atoms with E-state index in [0.717, 1.165) is 32.9 Å². The molecule has 4 aromatic rings. The molecule has 0 saturated heterocycles. The van der Waals surface area contributed by atoms with Crippen LogP contribution in [0, 0.1) is 5.92 Å². The molecular formula is C30H37N5O3. The van der Waals surface area contributed by atoms with E-state index in [1.165, 1.54) is 0 Å². The van der Waals surface area contributed by atoms with Crippen LogP contribution in [-0.2, 0) is 27.2 Å². The molecule has 0 fully saturated rings. The number of carbonyl (C=O) groups is 3. The van der Waals surface area contributed by atoms with Crippen molar-refractivity contribution in [2.75, 3.05) is 19.6 Å². The number of benzene rings is 2. The molecule has 6 N–H and O–H groups in total. The Hall–Kier alpha value is -3.91. The van der Waals surface area contributed by atoms with Crippen LogP contribution in [0.25, 0.3) is 21.8 Å². The van der Waals surface area contributed by atoms with Crippen molar-refractivity contribution < 1.29 is 14.4 Å². The van der Waals surface area contributed by atoms with Gasteiger partial charge in [-0.15, -0.1) is 0 Å². The monoisotopic (exact) mass is 515 g/mol. The van der Waals surface area contributed by atoms with Crippen molar-refractivity contribution in [2.45, 2.75) is 44.9 Å². The normalized spacial score (nSPS) is 12.0. The highest BCUT2D eigenvalue weighted by atomic mass is 16.2. The lowest BCUT2D eigenvalue weighted by Gasteiger charge is -2.16. The Morgan fingerprint density at radius 1 is 0.737 bits per heavy atom. The van der Waals surface area contributed by atoms with Gasteiger partial charge in [-0.05, 0) is 55.5 Å². The van der Waals surface area contributed by atoms with E-state index in [-0.39, 0.29) is 29.9 Å². The molecule has 4 rings (SSSR count). The first-order valence-electron chi connectivity index (χ1n) is 13.4. The highest BCUT2D eigenvalue weighted by Gasteiger charge is 2.18. The summed E-state index contributed by atoms with van der Waals surface area (Å²) in [7, 11) is 0. The number of fused-ring (bicyclic) bond motifs is 2. The second kappa shape index (κ2) is 13.6. The average molecular weight is 516 g/mol. The standard InChI is InChI=1S/C30H37N5O3/c31-14-5-12-28(36)21(13-16-33-30(38)18-23-20-35-27-11-4-2-9-25(23)27)7-6-15-32-29(37)17-22-19-34-26-10-3-1-8-24(22)26/h1-4,8-11,19-21,34-35H,5-7,12-18,31H2,(H,32,37)(H,33,38). The predicted octanol–water partition coefficient (Wildman–Crippen LogP) is 3.76. The lowest BCUT2D eigenvalue weighted by atomic mass is 9.92. The van der Waals surface area contributed by atoms with Crippen molar-refractivity contribution in [3.8, 4) is 0 Å². The van der Waals surface area contributed by atoms with Crippen LogP contribution < -0.4 is 16.4 Å². The molecule has 0 aliphatic carbocycles. The van der Waals surface area contributed by atoms with Gasteiger partial charge in [0.15, 0.2) is 0 Å². The third-order valence-electron chi connectivity index (χ3n) is 7.00. The molecule has 2 amide bonds. The number of nitrogens with one attached hydrogen (secondary N) is 4. The number of hydrogen-bond donors (Lipinski definition) is 5. The van der Waals surface area contributed by atoms with Crippen LogP contribution >= 0.6 is 0 Å². The molecule has 1 unspecified atom stereocenters. The highest BCUT2D eigenvalue weighted by Crippen LogP contribution is 2.19. The second-order valence-corrected chi connectivity index (χ2v) is 9.76. The largest absolute Gasteiger partial charge is 0.361 e. The number of rotatable bonds is 15. The van der Waals surface area contributed by atoms with Crippen molar-refractivity contribution in [2.24, 2.45) is 11.7 Å². The van der Waals surface area contributed by atoms with E-state index in [0.29, 0.717) is 58.2 Å². The first-order chi connectivity index (χ1) is 18.5. The molecule has 2 aromatic carbocycles. The number of Topliss-reactive ketones (excluding diaryl/α,β-unsaturated/α-hetero) is 1. The lowest BCUT2D eigenvalue weighted by Crippen LogP contribution is -2.30. The molecule has 0 radical (unpaired) electrons. The number of amides is 2. The average Bonchev–Trinajstić information content (AvgIpc) is 3.53. The topological polar surface area (TPSA) is 133 Å².